The molecular weight excluding hydrogens is 687 g/mol. The molecule has 2 aliphatic rings. The molecule has 0 radical (unpaired) electrons. The molecule has 0 aliphatic heterocycles. The highest BCUT2D eigenvalue weighted by molar-refractivity contribution is 5.96. The number of nitrogens with zero attached hydrogens (tertiary/aromatic N) is 1. The molecule has 0 atom stereocenters. The van der Waals surface area contributed by atoms with Gasteiger partial charge in [0.2, 0.25) is 0 Å². The quantitative estimate of drug-likeness (QED) is 0.165. The SMILES string of the molecule is CC1(C)c2ccccc2-c2cc3cc(N(c4ccc(-c5ccccc5)cc4)c4ccc(C5(c6ccccc6)c6ccccc6-c6ccccc65)cc4)ccc3cc21. The van der Waals surface area contributed by atoms with Crippen LogP contribution in [-0.2, 0) is 10.8 Å². The van der Waals surface area contributed by atoms with Crippen LogP contribution in [0.2, 0.25) is 0 Å². The van der Waals surface area contributed by atoms with Crippen molar-refractivity contribution in [3.8, 4) is 33.4 Å². The van der Waals surface area contributed by atoms with E-state index in [0.29, 0.717) is 0 Å². The highest BCUT2D eigenvalue weighted by atomic mass is 15.1. The minimum absolute atomic E-state index is 0.0372. The van der Waals surface area contributed by atoms with Crippen molar-refractivity contribution in [2.75, 3.05) is 4.90 Å². The molecule has 0 unspecified atom stereocenters. The van der Waals surface area contributed by atoms with E-state index in [-0.39, 0.29) is 5.41 Å². The molecule has 1 nitrogen and oxygen atoms in total. The number of hydrogen-bond acceptors (Lipinski definition) is 1. The zero-order valence-electron chi connectivity index (χ0n) is 32.2. The minimum Gasteiger partial charge on any atom is -0.310 e. The van der Waals surface area contributed by atoms with Crippen LogP contribution < -0.4 is 4.90 Å². The van der Waals surface area contributed by atoms with Crippen LogP contribution in [0.15, 0.2) is 212 Å². The second-order valence-corrected chi connectivity index (χ2v) is 16.1. The molecule has 0 N–H and O–H groups in total. The molecular formula is C56H41N. The maximum absolute atomic E-state index is 2.42. The molecule has 2 aliphatic carbocycles. The maximum atomic E-state index is 2.42. The zero-order valence-corrected chi connectivity index (χ0v) is 32.2. The zero-order chi connectivity index (χ0) is 38.1. The normalized spacial score (nSPS) is 14.1. The summed E-state index contributed by atoms with van der Waals surface area (Å²) >= 11 is 0. The second-order valence-electron chi connectivity index (χ2n) is 16.1. The summed E-state index contributed by atoms with van der Waals surface area (Å²) in [5, 5.41) is 2.50. The van der Waals surface area contributed by atoms with Gasteiger partial charge in [-0.15, -0.1) is 0 Å². The molecule has 9 aromatic carbocycles. The van der Waals surface area contributed by atoms with E-state index in [9.17, 15) is 0 Å². The lowest BCUT2D eigenvalue weighted by atomic mass is 9.68. The standard InChI is InChI=1S/C56H41N/c1-55(2)51-22-12-9-21-49(51)50-36-41-35-46(32-27-40(41)37-54(50)55)57(44-30-25-39(26-31-44)38-15-5-3-6-16-38)45-33-28-43(29-34-45)56(42-17-7-4-8-18-42)52-23-13-10-19-47(52)48-20-11-14-24-53(48)56/h3-37H,1-2H3. The largest absolute Gasteiger partial charge is 0.310 e. The number of rotatable bonds is 6. The van der Waals surface area contributed by atoms with Gasteiger partial charge in [-0.25, -0.2) is 0 Å². The van der Waals surface area contributed by atoms with Crippen molar-refractivity contribution in [3.63, 3.8) is 0 Å². The predicted molar refractivity (Wildman–Crippen MR) is 239 cm³/mol. The summed E-state index contributed by atoms with van der Waals surface area (Å²) in [6.45, 7) is 4.71. The smallest absolute Gasteiger partial charge is 0.0713 e. The maximum Gasteiger partial charge on any atom is 0.0713 e. The first kappa shape index (κ1) is 33.4. The number of anilines is 3. The summed E-state index contributed by atoms with van der Waals surface area (Å²) in [6, 6.07) is 78.7. The van der Waals surface area contributed by atoms with Crippen molar-refractivity contribution in [3.05, 3.63) is 246 Å². The molecule has 11 rings (SSSR count). The number of benzene rings is 9. The Kier molecular flexibility index (Phi) is 7.50. The third-order valence-corrected chi connectivity index (χ3v) is 12.7. The van der Waals surface area contributed by atoms with Crippen molar-refractivity contribution in [1.29, 1.82) is 0 Å². The van der Waals surface area contributed by atoms with Crippen LogP contribution in [-0.4, -0.2) is 0 Å². The average Bonchev–Trinajstić information content (AvgIpc) is 3.69. The van der Waals surface area contributed by atoms with Gasteiger partial charge in [0.05, 0.1) is 5.41 Å². The van der Waals surface area contributed by atoms with E-state index >= 15 is 0 Å². The predicted octanol–water partition coefficient (Wildman–Crippen LogP) is 14.6. The molecule has 0 saturated heterocycles. The van der Waals surface area contributed by atoms with Gasteiger partial charge in [-0.05, 0) is 126 Å². The molecule has 0 aromatic heterocycles. The molecule has 0 amide bonds. The molecule has 57 heavy (non-hydrogen) atoms. The van der Waals surface area contributed by atoms with E-state index in [1.54, 1.807) is 0 Å². The summed E-state index contributed by atoms with van der Waals surface area (Å²) in [4.78, 5) is 2.41. The molecule has 0 fully saturated rings. The summed E-state index contributed by atoms with van der Waals surface area (Å²) < 4.78 is 0. The molecule has 0 spiro atoms. The van der Waals surface area contributed by atoms with E-state index in [1.165, 1.54) is 77.5 Å². The first-order valence-corrected chi connectivity index (χ1v) is 20.0. The fourth-order valence-corrected chi connectivity index (χ4v) is 10.0. The monoisotopic (exact) mass is 727 g/mol. The molecule has 0 bridgehead atoms. The highest BCUT2D eigenvalue weighted by Gasteiger charge is 2.45. The number of fused-ring (bicyclic) bond motifs is 7. The van der Waals surface area contributed by atoms with Gasteiger partial charge in [0.15, 0.2) is 0 Å². The lowest BCUT2D eigenvalue weighted by Gasteiger charge is -2.34. The minimum atomic E-state index is -0.442. The Hall–Kier alpha value is -6.96. The van der Waals surface area contributed by atoms with Crippen LogP contribution >= 0.6 is 0 Å². The molecule has 9 aromatic rings. The van der Waals surface area contributed by atoms with E-state index in [0.717, 1.165) is 17.1 Å². The van der Waals surface area contributed by atoms with Gasteiger partial charge >= 0.3 is 0 Å². The fourth-order valence-electron chi connectivity index (χ4n) is 10.0. The molecule has 1 heteroatoms. The Bertz CT molecular complexity index is 2910. The second kappa shape index (κ2) is 12.8. The van der Waals surface area contributed by atoms with Crippen molar-refractivity contribution < 1.29 is 0 Å². The van der Waals surface area contributed by atoms with Crippen LogP contribution in [0.25, 0.3) is 44.2 Å². The van der Waals surface area contributed by atoms with Gasteiger partial charge in [0.1, 0.15) is 0 Å². The third-order valence-electron chi connectivity index (χ3n) is 12.7. The average molecular weight is 728 g/mol. The summed E-state index contributed by atoms with van der Waals surface area (Å²) in [5.41, 5.74) is 18.6. The van der Waals surface area contributed by atoms with Gasteiger partial charge in [-0.1, -0.05) is 178 Å². The van der Waals surface area contributed by atoms with Crippen LogP contribution in [0.3, 0.4) is 0 Å². The fraction of sp³-hybridized carbons (Fsp3) is 0.0714. The van der Waals surface area contributed by atoms with Gasteiger partial charge in [0, 0.05) is 22.5 Å². The van der Waals surface area contributed by atoms with Crippen LogP contribution in [0.5, 0.6) is 0 Å². The molecule has 270 valence electrons. The Morgan fingerprint density at radius 2 is 0.789 bits per heavy atom. The van der Waals surface area contributed by atoms with Crippen LogP contribution in [0.1, 0.15) is 47.2 Å². The Morgan fingerprint density at radius 1 is 0.316 bits per heavy atom. The third kappa shape index (κ3) is 5.02. The van der Waals surface area contributed by atoms with Crippen LogP contribution in [0.4, 0.5) is 17.1 Å². The van der Waals surface area contributed by atoms with Crippen molar-refractivity contribution in [1.82, 2.24) is 0 Å². The van der Waals surface area contributed by atoms with Crippen LogP contribution in [0, 0.1) is 0 Å². The first-order chi connectivity index (χ1) is 28.0. The highest BCUT2D eigenvalue weighted by Crippen LogP contribution is 2.56. The first-order valence-electron chi connectivity index (χ1n) is 20.0. The van der Waals surface area contributed by atoms with Gasteiger partial charge in [-0.3, -0.25) is 0 Å². The summed E-state index contributed by atoms with van der Waals surface area (Å²) in [6.07, 6.45) is 0. The Morgan fingerprint density at radius 3 is 1.42 bits per heavy atom. The Balaban J connectivity index is 1.08. The van der Waals surface area contributed by atoms with E-state index in [2.05, 4.69) is 231 Å². The van der Waals surface area contributed by atoms with E-state index in [4.69, 9.17) is 0 Å². The molecule has 0 saturated carbocycles. The Labute approximate surface area is 335 Å². The van der Waals surface area contributed by atoms with Gasteiger partial charge < -0.3 is 4.90 Å². The van der Waals surface area contributed by atoms with Crippen molar-refractivity contribution in [2.45, 2.75) is 24.7 Å². The van der Waals surface area contributed by atoms with Crippen molar-refractivity contribution >= 4 is 27.8 Å². The van der Waals surface area contributed by atoms with Crippen molar-refractivity contribution in [2.24, 2.45) is 0 Å². The summed E-state index contributed by atoms with van der Waals surface area (Å²) in [7, 11) is 0. The lowest BCUT2D eigenvalue weighted by molar-refractivity contribution is 0.661. The molecule has 0 heterocycles. The van der Waals surface area contributed by atoms with E-state index < -0.39 is 5.41 Å². The topological polar surface area (TPSA) is 3.24 Å². The van der Waals surface area contributed by atoms with Gasteiger partial charge in [0.25, 0.3) is 0 Å². The summed E-state index contributed by atoms with van der Waals surface area (Å²) in [5.74, 6) is 0. The van der Waals surface area contributed by atoms with Gasteiger partial charge in [-0.2, -0.15) is 0 Å². The number of hydrogen-bond donors (Lipinski definition) is 0. The van der Waals surface area contributed by atoms with E-state index in [1.807, 2.05) is 0 Å². The lowest BCUT2D eigenvalue weighted by Crippen LogP contribution is -2.28.